The SMILES string of the molecule is CC(C)(C)c1[nH]ncc1CN1CCC2(CC1)CC(C(=O)O)C2. The van der Waals surface area contributed by atoms with E-state index in [0.29, 0.717) is 5.41 Å². The number of aromatic nitrogens is 2. The van der Waals surface area contributed by atoms with Crippen LogP contribution in [0.2, 0.25) is 0 Å². The van der Waals surface area contributed by atoms with E-state index in [1.54, 1.807) is 0 Å². The third-order valence-electron chi connectivity index (χ3n) is 5.49. The maximum Gasteiger partial charge on any atom is 0.306 e. The molecular weight excluding hydrogens is 278 g/mol. The average molecular weight is 305 g/mol. The number of carboxylic acid groups (broad SMARTS) is 1. The van der Waals surface area contributed by atoms with E-state index in [2.05, 4.69) is 35.9 Å². The third kappa shape index (κ3) is 2.91. The molecule has 122 valence electrons. The molecule has 0 unspecified atom stereocenters. The van der Waals surface area contributed by atoms with Crippen molar-refractivity contribution in [2.24, 2.45) is 11.3 Å². The minimum Gasteiger partial charge on any atom is -0.481 e. The summed E-state index contributed by atoms with van der Waals surface area (Å²) in [5.41, 5.74) is 2.93. The molecular formula is C17H27N3O2. The second kappa shape index (κ2) is 5.37. The maximum absolute atomic E-state index is 11.0. The fourth-order valence-corrected chi connectivity index (χ4v) is 4.08. The van der Waals surface area contributed by atoms with Crippen molar-refractivity contribution in [3.63, 3.8) is 0 Å². The average Bonchev–Trinajstić information content (AvgIpc) is 2.85. The number of likely N-dealkylation sites (tertiary alicyclic amines) is 1. The van der Waals surface area contributed by atoms with Gasteiger partial charge in [0.15, 0.2) is 0 Å². The van der Waals surface area contributed by atoms with Crippen LogP contribution in [0.4, 0.5) is 0 Å². The lowest BCUT2D eigenvalue weighted by Crippen LogP contribution is -2.48. The van der Waals surface area contributed by atoms with Crippen LogP contribution in [-0.4, -0.2) is 39.3 Å². The highest BCUT2D eigenvalue weighted by Crippen LogP contribution is 2.52. The van der Waals surface area contributed by atoms with E-state index in [9.17, 15) is 4.79 Å². The van der Waals surface area contributed by atoms with E-state index in [1.807, 2.05) is 6.20 Å². The molecule has 0 aromatic carbocycles. The van der Waals surface area contributed by atoms with Gasteiger partial charge in [0.1, 0.15) is 0 Å². The van der Waals surface area contributed by atoms with Crippen LogP contribution in [0.15, 0.2) is 6.20 Å². The lowest BCUT2D eigenvalue weighted by atomic mass is 9.57. The van der Waals surface area contributed by atoms with Crippen LogP contribution in [0.1, 0.15) is 57.7 Å². The second-order valence-corrected chi connectivity index (χ2v) is 8.24. The molecule has 1 aliphatic heterocycles. The fourth-order valence-electron chi connectivity index (χ4n) is 4.08. The molecule has 1 saturated carbocycles. The standard InChI is InChI=1S/C17H27N3O2/c1-16(2,3)14-13(10-18-19-14)11-20-6-4-17(5-7-20)8-12(9-17)15(21)22/h10,12H,4-9,11H2,1-3H3,(H,18,19)(H,21,22). The first kappa shape index (κ1) is 15.5. The summed E-state index contributed by atoms with van der Waals surface area (Å²) in [6, 6.07) is 0. The zero-order valence-corrected chi connectivity index (χ0v) is 13.9. The molecule has 3 rings (SSSR count). The monoisotopic (exact) mass is 305 g/mol. The Balaban J connectivity index is 1.55. The Hall–Kier alpha value is -1.36. The molecule has 0 bridgehead atoms. The summed E-state index contributed by atoms with van der Waals surface area (Å²) in [6.45, 7) is 9.70. The molecule has 2 N–H and O–H groups in total. The van der Waals surface area contributed by atoms with E-state index in [4.69, 9.17) is 5.11 Å². The van der Waals surface area contributed by atoms with Crippen LogP contribution in [0.25, 0.3) is 0 Å². The summed E-state index contributed by atoms with van der Waals surface area (Å²) in [6.07, 6.45) is 6.00. The van der Waals surface area contributed by atoms with Gasteiger partial charge >= 0.3 is 5.97 Å². The van der Waals surface area contributed by atoms with Crippen molar-refractivity contribution >= 4 is 5.97 Å². The van der Waals surface area contributed by atoms with Crippen molar-refractivity contribution in [2.45, 2.75) is 58.4 Å². The van der Waals surface area contributed by atoms with Crippen LogP contribution in [0.5, 0.6) is 0 Å². The minimum absolute atomic E-state index is 0.0888. The molecule has 1 aliphatic carbocycles. The Labute approximate surface area is 132 Å². The van der Waals surface area contributed by atoms with Gasteiger partial charge in [0.05, 0.1) is 12.1 Å². The molecule has 5 nitrogen and oxygen atoms in total. The number of nitrogens with zero attached hydrogens (tertiary/aromatic N) is 2. The molecule has 1 spiro atoms. The molecule has 2 heterocycles. The van der Waals surface area contributed by atoms with E-state index < -0.39 is 5.97 Å². The first-order valence-corrected chi connectivity index (χ1v) is 8.27. The number of piperidine rings is 1. The highest BCUT2D eigenvalue weighted by atomic mass is 16.4. The van der Waals surface area contributed by atoms with Gasteiger partial charge in [-0.2, -0.15) is 5.10 Å². The summed E-state index contributed by atoms with van der Waals surface area (Å²) >= 11 is 0. The van der Waals surface area contributed by atoms with E-state index in [1.165, 1.54) is 11.3 Å². The molecule has 1 aromatic rings. The van der Waals surface area contributed by atoms with Crippen molar-refractivity contribution in [1.82, 2.24) is 15.1 Å². The minimum atomic E-state index is -0.610. The first-order valence-electron chi connectivity index (χ1n) is 8.27. The summed E-state index contributed by atoms with van der Waals surface area (Å²) in [5, 5.41) is 16.4. The number of carboxylic acids is 1. The largest absolute Gasteiger partial charge is 0.481 e. The zero-order valence-electron chi connectivity index (χ0n) is 13.9. The molecule has 0 atom stereocenters. The quantitative estimate of drug-likeness (QED) is 0.901. The molecule has 22 heavy (non-hydrogen) atoms. The predicted molar refractivity (Wildman–Crippen MR) is 84.6 cm³/mol. The smallest absolute Gasteiger partial charge is 0.306 e. The van der Waals surface area contributed by atoms with Crippen molar-refractivity contribution in [3.8, 4) is 0 Å². The maximum atomic E-state index is 11.0. The summed E-state index contributed by atoms with van der Waals surface area (Å²) in [5.74, 6) is -0.700. The van der Waals surface area contributed by atoms with E-state index in [0.717, 1.165) is 45.3 Å². The normalized spacial score (nSPS) is 22.7. The van der Waals surface area contributed by atoms with Gasteiger partial charge in [0.25, 0.3) is 0 Å². The summed E-state index contributed by atoms with van der Waals surface area (Å²) in [4.78, 5) is 13.5. The molecule has 1 saturated heterocycles. The van der Waals surface area contributed by atoms with Gasteiger partial charge in [0, 0.05) is 23.2 Å². The highest BCUT2D eigenvalue weighted by molar-refractivity contribution is 5.71. The molecule has 2 aliphatic rings. The van der Waals surface area contributed by atoms with Crippen LogP contribution in [0.3, 0.4) is 0 Å². The third-order valence-corrected chi connectivity index (χ3v) is 5.49. The molecule has 5 heteroatoms. The van der Waals surface area contributed by atoms with Gasteiger partial charge in [0.2, 0.25) is 0 Å². The highest BCUT2D eigenvalue weighted by Gasteiger charge is 2.48. The Kier molecular flexibility index (Phi) is 3.79. The number of hydrogen-bond donors (Lipinski definition) is 2. The van der Waals surface area contributed by atoms with Gasteiger partial charge in [-0.15, -0.1) is 0 Å². The van der Waals surface area contributed by atoms with Crippen LogP contribution in [0, 0.1) is 11.3 Å². The molecule has 1 aromatic heterocycles. The molecule has 0 radical (unpaired) electrons. The molecule has 2 fully saturated rings. The van der Waals surface area contributed by atoms with Crippen molar-refractivity contribution < 1.29 is 9.90 Å². The lowest BCUT2D eigenvalue weighted by Gasteiger charge is -2.51. The fraction of sp³-hybridized carbons (Fsp3) is 0.765. The zero-order chi connectivity index (χ0) is 16.0. The Morgan fingerprint density at radius 2 is 2.05 bits per heavy atom. The Morgan fingerprint density at radius 1 is 1.41 bits per heavy atom. The summed E-state index contributed by atoms with van der Waals surface area (Å²) < 4.78 is 0. The van der Waals surface area contributed by atoms with Crippen LogP contribution in [-0.2, 0) is 16.8 Å². The number of nitrogens with one attached hydrogen (secondary N) is 1. The lowest BCUT2D eigenvalue weighted by molar-refractivity contribution is -0.152. The van der Waals surface area contributed by atoms with E-state index >= 15 is 0 Å². The number of aromatic amines is 1. The van der Waals surface area contributed by atoms with Gasteiger partial charge in [-0.05, 0) is 44.2 Å². The Morgan fingerprint density at radius 3 is 2.59 bits per heavy atom. The molecule has 0 amide bonds. The predicted octanol–water partition coefficient (Wildman–Crippen LogP) is 2.78. The van der Waals surface area contributed by atoms with Gasteiger partial charge < -0.3 is 5.11 Å². The number of rotatable bonds is 3. The van der Waals surface area contributed by atoms with Crippen LogP contribution < -0.4 is 0 Å². The Bertz CT molecular complexity index is 542. The van der Waals surface area contributed by atoms with Crippen molar-refractivity contribution in [2.75, 3.05) is 13.1 Å². The summed E-state index contributed by atoms with van der Waals surface area (Å²) in [7, 11) is 0. The number of H-pyrrole nitrogens is 1. The first-order chi connectivity index (χ1) is 10.3. The van der Waals surface area contributed by atoms with Gasteiger partial charge in [-0.1, -0.05) is 20.8 Å². The van der Waals surface area contributed by atoms with Crippen molar-refractivity contribution in [1.29, 1.82) is 0 Å². The van der Waals surface area contributed by atoms with Gasteiger partial charge in [-0.3, -0.25) is 14.8 Å². The second-order valence-electron chi connectivity index (χ2n) is 8.24. The van der Waals surface area contributed by atoms with Crippen molar-refractivity contribution in [3.05, 3.63) is 17.5 Å². The van der Waals surface area contributed by atoms with E-state index in [-0.39, 0.29) is 11.3 Å². The number of hydrogen-bond acceptors (Lipinski definition) is 3. The number of aliphatic carboxylic acids is 1. The number of carbonyl (C=O) groups is 1. The van der Waals surface area contributed by atoms with Gasteiger partial charge in [-0.25, -0.2) is 0 Å². The van der Waals surface area contributed by atoms with Crippen LogP contribution >= 0.6 is 0 Å². The topological polar surface area (TPSA) is 69.2 Å².